The number of nitrogens with two attached hydrogens (primary N) is 1. The van der Waals surface area contributed by atoms with Gasteiger partial charge in [0.25, 0.3) is 5.56 Å². The molecule has 7 atom stereocenters. The lowest BCUT2D eigenvalue weighted by Gasteiger charge is -2.40. The molecule has 4 aromatic rings. The SMILES string of the molecule is CC[C@@]1(OC(=O)[C@H](CCCCN)NC(=S)Nc2ccc(O[C@H]3O[C@@H](C)[C@@H](O)[C@@H](OC)[C@@H]3O)cc2)C(=O)OCc2c1cc1n(c2=O)Cc2cc3ccccc3nc2-1. The monoisotopic (exact) mass is 787 g/mol. The molecule has 15 nitrogen and oxygen atoms in total. The number of aromatic nitrogens is 2. The van der Waals surface area contributed by atoms with E-state index < -0.39 is 54.3 Å². The van der Waals surface area contributed by atoms with E-state index in [2.05, 4.69) is 10.6 Å². The van der Waals surface area contributed by atoms with Crippen molar-refractivity contribution in [2.45, 2.75) is 95.0 Å². The van der Waals surface area contributed by atoms with Crippen LogP contribution in [-0.2, 0) is 47.3 Å². The minimum atomic E-state index is -1.90. The van der Waals surface area contributed by atoms with E-state index in [1.165, 1.54) is 7.11 Å². The average Bonchev–Trinajstić information content (AvgIpc) is 3.55. The van der Waals surface area contributed by atoms with Gasteiger partial charge in [-0.3, -0.25) is 4.79 Å². The van der Waals surface area contributed by atoms with Crippen molar-refractivity contribution < 1.29 is 43.5 Å². The Hall–Kier alpha value is -4.97. The standard InChI is InChI=1S/C40H45N5O10S/c1-4-40(27-18-30-31-23(17-22-9-5-6-10-28(22)43-31)19-45(30)35(48)26(27)20-52-38(40)50)55-36(49)29(11-7-8-16-41)44-39(56)42-24-12-14-25(15-13-24)54-37-33(47)34(51-3)32(46)21(2)53-37/h5-6,9-10,12-15,17-18,21,29,32-34,37,46-47H,4,7-8,11,16,19-20,41H2,1-3H3,(H2,42,44,56)/t21-,29-,32+,33-,34+,37+,40-/m0/s1. The number of benzene rings is 2. The number of nitrogens with zero attached hydrogens (tertiary/aromatic N) is 2. The number of fused-ring (bicyclic) bond motifs is 5. The highest BCUT2D eigenvalue weighted by Crippen LogP contribution is 2.41. The van der Waals surface area contributed by atoms with Crippen LogP contribution in [-0.4, -0.2) is 87.2 Å². The van der Waals surface area contributed by atoms with Crippen molar-refractivity contribution in [2.75, 3.05) is 19.0 Å². The van der Waals surface area contributed by atoms with Crippen molar-refractivity contribution in [1.29, 1.82) is 0 Å². The second-order valence-electron chi connectivity index (χ2n) is 14.1. The summed E-state index contributed by atoms with van der Waals surface area (Å²) in [4.78, 5) is 46.7. The van der Waals surface area contributed by atoms with Gasteiger partial charge in [-0.05, 0) is 93.8 Å². The van der Waals surface area contributed by atoms with Gasteiger partial charge in [-0.2, -0.15) is 0 Å². The molecule has 0 spiro atoms. The molecule has 3 aliphatic heterocycles. The lowest BCUT2D eigenvalue weighted by atomic mass is 9.85. The lowest BCUT2D eigenvalue weighted by molar-refractivity contribution is -0.272. The van der Waals surface area contributed by atoms with Crippen molar-refractivity contribution in [3.63, 3.8) is 0 Å². The van der Waals surface area contributed by atoms with Crippen LogP contribution in [0.1, 0.15) is 56.2 Å². The molecule has 56 heavy (non-hydrogen) atoms. The summed E-state index contributed by atoms with van der Waals surface area (Å²) < 4.78 is 30.1. The Morgan fingerprint density at radius 3 is 2.62 bits per heavy atom. The maximum absolute atomic E-state index is 14.1. The zero-order valence-electron chi connectivity index (χ0n) is 31.2. The summed E-state index contributed by atoms with van der Waals surface area (Å²) in [6.07, 6.45) is -3.38. The summed E-state index contributed by atoms with van der Waals surface area (Å²) >= 11 is 5.61. The van der Waals surface area contributed by atoms with Crippen LogP contribution in [0.4, 0.5) is 5.69 Å². The molecular formula is C40H45N5O10S. The average molecular weight is 788 g/mol. The van der Waals surface area contributed by atoms with Crippen LogP contribution in [0.15, 0.2) is 65.5 Å². The Bertz CT molecular complexity index is 2200. The van der Waals surface area contributed by atoms with Crippen molar-refractivity contribution in [2.24, 2.45) is 5.73 Å². The van der Waals surface area contributed by atoms with Crippen LogP contribution in [0.25, 0.3) is 22.3 Å². The number of carbonyl (C=O) groups excluding carboxylic acids is 2. The highest BCUT2D eigenvalue weighted by molar-refractivity contribution is 7.80. The summed E-state index contributed by atoms with van der Waals surface area (Å²) in [6.45, 7) is 3.83. The van der Waals surface area contributed by atoms with Crippen molar-refractivity contribution in [3.05, 3.63) is 87.7 Å². The van der Waals surface area contributed by atoms with Gasteiger partial charge in [0.05, 0.1) is 35.1 Å². The van der Waals surface area contributed by atoms with E-state index in [0.29, 0.717) is 48.8 Å². The lowest BCUT2D eigenvalue weighted by Crippen LogP contribution is -2.59. The number of hydrogen-bond acceptors (Lipinski definition) is 13. The molecule has 7 rings (SSSR count). The Morgan fingerprint density at radius 1 is 1.12 bits per heavy atom. The van der Waals surface area contributed by atoms with Gasteiger partial charge in [-0.15, -0.1) is 0 Å². The third kappa shape index (κ3) is 7.35. The zero-order chi connectivity index (χ0) is 39.7. The first-order valence-electron chi connectivity index (χ1n) is 18.6. The summed E-state index contributed by atoms with van der Waals surface area (Å²) in [5.74, 6) is -1.15. The molecule has 0 bridgehead atoms. The maximum Gasteiger partial charge on any atom is 0.355 e. The van der Waals surface area contributed by atoms with Crippen LogP contribution in [0, 0.1) is 0 Å². The molecule has 2 aromatic heterocycles. The molecule has 2 aromatic carbocycles. The summed E-state index contributed by atoms with van der Waals surface area (Å²) in [5, 5.41) is 28.0. The minimum Gasteiger partial charge on any atom is -0.462 e. The number of hydrogen-bond donors (Lipinski definition) is 5. The van der Waals surface area contributed by atoms with Gasteiger partial charge in [0.2, 0.25) is 11.9 Å². The van der Waals surface area contributed by atoms with Gasteiger partial charge in [0.1, 0.15) is 36.7 Å². The van der Waals surface area contributed by atoms with Crippen LogP contribution in [0.5, 0.6) is 5.75 Å². The molecule has 16 heteroatoms. The number of methoxy groups -OCH3 is 1. The zero-order valence-corrected chi connectivity index (χ0v) is 32.0. The predicted octanol–water partition coefficient (Wildman–Crippen LogP) is 2.98. The first kappa shape index (κ1) is 39.3. The van der Waals surface area contributed by atoms with Gasteiger partial charge >= 0.3 is 11.9 Å². The molecule has 0 radical (unpaired) electrons. The Morgan fingerprint density at radius 2 is 1.89 bits per heavy atom. The fraction of sp³-hybridized carbons (Fsp3) is 0.425. The van der Waals surface area contributed by atoms with E-state index in [1.54, 1.807) is 48.7 Å². The maximum atomic E-state index is 14.1. The molecule has 296 valence electrons. The molecular weight excluding hydrogens is 743 g/mol. The van der Waals surface area contributed by atoms with Crippen LogP contribution in [0.2, 0.25) is 0 Å². The number of esters is 2. The molecule has 3 aliphatic rings. The molecule has 0 unspecified atom stereocenters. The number of cyclic esters (lactones) is 1. The molecule has 1 fully saturated rings. The van der Waals surface area contributed by atoms with E-state index in [9.17, 15) is 24.6 Å². The third-order valence-electron chi connectivity index (χ3n) is 10.6. The minimum absolute atomic E-state index is 0.00660. The Balaban J connectivity index is 1.09. The number of carbonyl (C=O) groups is 2. The predicted molar refractivity (Wildman–Crippen MR) is 209 cm³/mol. The van der Waals surface area contributed by atoms with Crippen LogP contribution in [0.3, 0.4) is 0 Å². The molecule has 6 N–H and O–H groups in total. The van der Waals surface area contributed by atoms with E-state index >= 15 is 0 Å². The number of unbranched alkanes of at least 4 members (excludes halogenated alkanes) is 1. The fourth-order valence-corrected chi connectivity index (χ4v) is 7.78. The second-order valence-corrected chi connectivity index (χ2v) is 14.6. The Labute approximate surface area is 328 Å². The molecule has 0 saturated carbocycles. The van der Waals surface area contributed by atoms with E-state index in [0.717, 1.165) is 16.5 Å². The van der Waals surface area contributed by atoms with Crippen LogP contribution < -0.4 is 26.7 Å². The number of aliphatic hydroxyl groups excluding tert-OH is 2. The van der Waals surface area contributed by atoms with Gasteiger partial charge in [-0.1, -0.05) is 25.1 Å². The number of aliphatic hydroxyl groups is 2. The Kier molecular flexibility index (Phi) is 11.4. The van der Waals surface area contributed by atoms with Crippen molar-refractivity contribution in [3.8, 4) is 17.1 Å². The number of nitrogens with one attached hydrogen (secondary N) is 2. The normalized spacial score (nSPS) is 24.3. The number of pyridine rings is 2. The number of rotatable bonds is 12. The van der Waals surface area contributed by atoms with Gasteiger partial charge in [0.15, 0.2) is 5.11 Å². The number of para-hydroxylation sites is 1. The molecule has 1 saturated heterocycles. The fourth-order valence-electron chi connectivity index (χ4n) is 7.52. The third-order valence-corrected chi connectivity index (χ3v) is 10.8. The second kappa shape index (κ2) is 16.3. The van der Waals surface area contributed by atoms with E-state index in [4.69, 9.17) is 46.6 Å². The topological polar surface area (TPSA) is 206 Å². The summed E-state index contributed by atoms with van der Waals surface area (Å²) in [7, 11) is 1.39. The number of thiocarbonyl (C=S) groups is 1. The first-order chi connectivity index (χ1) is 27.0. The molecule has 0 aliphatic carbocycles. The van der Waals surface area contributed by atoms with Gasteiger partial charge < -0.3 is 54.8 Å². The summed E-state index contributed by atoms with van der Waals surface area (Å²) in [5.41, 5.74) is 7.41. The first-order valence-corrected chi connectivity index (χ1v) is 19.0. The quantitative estimate of drug-likeness (QED) is 0.0701. The largest absolute Gasteiger partial charge is 0.462 e. The van der Waals surface area contributed by atoms with Crippen molar-refractivity contribution >= 4 is 45.9 Å². The van der Waals surface area contributed by atoms with Gasteiger partial charge in [0, 0.05) is 29.3 Å². The number of ether oxygens (including phenoxy) is 5. The van der Waals surface area contributed by atoms with Crippen LogP contribution >= 0.6 is 12.2 Å². The highest BCUT2D eigenvalue weighted by atomic mass is 32.1. The van der Waals surface area contributed by atoms with Crippen molar-refractivity contribution in [1.82, 2.24) is 14.9 Å². The summed E-state index contributed by atoms with van der Waals surface area (Å²) in [6, 6.07) is 17.1. The number of anilines is 1. The van der Waals surface area contributed by atoms with E-state index in [-0.39, 0.29) is 41.2 Å². The highest BCUT2D eigenvalue weighted by Gasteiger charge is 2.51. The smallest absolute Gasteiger partial charge is 0.355 e. The molecule has 0 amide bonds. The van der Waals surface area contributed by atoms with Gasteiger partial charge in [-0.25, -0.2) is 14.6 Å². The molecule has 5 heterocycles. The van der Waals surface area contributed by atoms with E-state index in [1.807, 2.05) is 30.3 Å².